The lowest BCUT2D eigenvalue weighted by atomic mass is 10.1. The zero-order valence-electron chi connectivity index (χ0n) is 14.0. The largest absolute Gasteiger partial charge is 0.454 e. The topological polar surface area (TPSA) is 60.0 Å². The highest BCUT2D eigenvalue weighted by Gasteiger charge is 2.20. The van der Waals surface area contributed by atoms with E-state index >= 15 is 0 Å². The van der Waals surface area contributed by atoms with Crippen molar-refractivity contribution in [1.29, 1.82) is 0 Å². The number of nitrogens with one attached hydrogen (secondary N) is 1. The van der Waals surface area contributed by atoms with Gasteiger partial charge in [-0.05, 0) is 37.3 Å². The Kier molecular flexibility index (Phi) is 3.49. The van der Waals surface area contributed by atoms with Crippen molar-refractivity contribution in [2.24, 2.45) is 0 Å². The van der Waals surface area contributed by atoms with Crippen LogP contribution in [-0.4, -0.2) is 21.7 Å². The average molecular weight is 321 g/mol. The molecule has 0 fully saturated rings. The molecule has 5 heteroatoms. The molecule has 0 amide bonds. The maximum absolute atomic E-state index is 5.50. The molecular formula is C19H19N3O2. The molecule has 0 aliphatic carbocycles. The first kappa shape index (κ1) is 14.8. The fraction of sp³-hybridized carbons (Fsp3) is 0.263. The summed E-state index contributed by atoms with van der Waals surface area (Å²) in [6.45, 7) is 6.50. The third-order valence-corrected chi connectivity index (χ3v) is 4.06. The highest BCUT2D eigenvalue weighted by Crippen LogP contribution is 2.38. The number of hydrogen-bond donors (Lipinski definition) is 1. The summed E-state index contributed by atoms with van der Waals surface area (Å²) in [6.07, 6.45) is 0. The van der Waals surface area contributed by atoms with E-state index in [-0.39, 0.29) is 6.79 Å². The number of aryl methyl sites for hydroxylation is 1. The van der Waals surface area contributed by atoms with Crippen LogP contribution in [0.25, 0.3) is 22.6 Å². The van der Waals surface area contributed by atoms with Gasteiger partial charge in [0.2, 0.25) is 6.79 Å². The van der Waals surface area contributed by atoms with Crippen LogP contribution in [0, 0.1) is 6.92 Å². The van der Waals surface area contributed by atoms with E-state index in [0.29, 0.717) is 5.92 Å². The zero-order chi connectivity index (χ0) is 16.7. The van der Waals surface area contributed by atoms with Crippen LogP contribution >= 0.6 is 0 Å². The molecular weight excluding hydrogens is 302 g/mol. The van der Waals surface area contributed by atoms with Gasteiger partial charge in [0.15, 0.2) is 11.5 Å². The Bertz CT molecular complexity index is 899. The Morgan fingerprint density at radius 1 is 1.04 bits per heavy atom. The van der Waals surface area contributed by atoms with Gasteiger partial charge in [0, 0.05) is 17.2 Å². The summed E-state index contributed by atoms with van der Waals surface area (Å²) in [7, 11) is 0. The molecule has 1 aromatic carbocycles. The molecule has 3 heterocycles. The number of H-pyrrole nitrogens is 1. The number of pyridine rings is 1. The third-order valence-electron chi connectivity index (χ3n) is 4.06. The molecule has 0 spiro atoms. The molecule has 0 saturated heterocycles. The van der Waals surface area contributed by atoms with Gasteiger partial charge < -0.3 is 14.5 Å². The minimum Gasteiger partial charge on any atom is -0.454 e. The molecule has 2 aromatic heterocycles. The summed E-state index contributed by atoms with van der Waals surface area (Å²) >= 11 is 0. The Labute approximate surface area is 140 Å². The van der Waals surface area contributed by atoms with Crippen molar-refractivity contribution in [3.8, 4) is 34.1 Å². The van der Waals surface area contributed by atoms with E-state index in [1.165, 1.54) is 0 Å². The second kappa shape index (κ2) is 5.67. The predicted octanol–water partition coefficient (Wildman–Crippen LogP) is 4.30. The number of imidazole rings is 1. The number of fused-ring (bicyclic) bond motifs is 1. The second-order valence-electron chi connectivity index (χ2n) is 6.23. The fourth-order valence-corrected chi connectivity index (χ4v) is 2.79. The van der Waals surface area contributed by atoms with Crippen LogP contribution in [0.3, 0.4) is 0 Å². The molecule has 3 aromatic rings. The molecule has 4 rings (SSSR count). The van der Waals surface area contributed by atoms with Crippen LogP contribution in [0.5, 0.6) is 11.5 Å². The highest BCUT2D eigenvalue weighted by molar-refractivity contribution is 5.78. The normalized spacial score (nSPS) is 12.8. The van der Waals surface area contributed by atoms with Gasteiger partial charge in [-0.3, -0.25) is 4.98 Å². The monoisotopic (exact) mass is 321 g/mol. The standard InChI is InChI=1S/C19H19N3O2/c1-11(2)19-21-17(13-7-8-15-16(9-13)24-10-23-15)18(22-19)14-6-4-5-12(3)20-14/h4-9,11H,10H2,1-3H3,(H,21,22). The minimum atomic E-state index is 0.267. The summed E-state index contributed by atoms with van der Waals surface area (Å²) in [5.41, 5.74) is 4.67. The van der Waals surface area contributed by atoms with Gasteiger partial charge >= 0.3 is 0 Å². The van der Waals surface area contributed by atoms with E-state index in [1.54, 1.807) is 0 Å². The summed E-state index contributed by atoms with van der Waals surface area (Å²) in [4.78, 5) is 12.9. The molecule has 24 heavy (non-hydrogen) atoms. The van der Waals surface area contributed by atoms with E-state index in [0.717, 1.165) is 45.7 Å². The lowest BCUT2D eigenvalue weighted by Gasteiger charge is -2.04. The second-order valence-corrected chi connectivity index (χ2v) is 6.23. The quantitative estimate of drug-likeness (QED) is 0.781. The van der Waals surface area contributed by atoms with Gasteiger partial charge in [0.25, 0.3) is 0 Å². The number of benzene rings is 1. The zero-order valence-corrected chi connectivity index (χ0v) is 14.0. The number of aromatic amines is 1. The van der Waals surface area contributed by atoms with E-state index in [9.17, 15) is 0 Å². The van der Waals surface area contributed by atoms with Crippen molar-refractivity contribution in [3.63, 3.8) is 0 Å². The number of rotatable bonds is 3. The van der Waals surface area contributed by atoms with Crippen LogP contribution in [0.1, 0.15) is 31.3 Å². The molecule has 1 aliphatic heterocycles. The molecule has 0 radical (unpaired) electrons. The van der Waals surface area contributed by atoms with Gasteiger partial charge in [-0.2, -0.15) is 0 Å². The number of aromatic nitrogens is 3. The third kappa shape index (κ3) is 2.52. The van der Waals surface area contributed by atoms with Crippen LogP contribution in [0.4, 0.5) is 0 Å². The van der Waals surface area contributed by atoms with E-state index in [1.807, 2.05) is 43.3 Å². The number of ether oxygens (including phenoxy) is 2. The number of hydrogen-bond acceptors (Lipinski definition) is 4. The Hall–Kier alpha value is -2.82. The smallest absolute Gasteiger partial charge is 0.231 e. The fourth-order valence-electron chi connectivity index (χ4n) is 2.79. The first-order valence-electron chi connectivity index (χ1n) is 8.06. The Balaban J connectivity index is 1.88. The molecule has 122 valence electrons. The van der Waals surface area contributed by atoms with Gasteiger partial charge in [-0.25, -0.2) is 4.98 Å². The van der Waals surface area contributed by atoms with Gasteiger partial charge in [-0.15, -0.1) is 0 Å². The van der Waals surface area contributed by atoms with Crippen molar-refractivity contribution >= 4 is 0 Å². The lowest BCUT2D eigenvalue weighted by molar-refractivity contribution is 0.174. The molecule has 1 N–H and O–H groups in total. The molecule has 1 aliphatic rings. The molecule has 0 atom stereocenters. The summed E-state index contributed by atoms with van der Waals surface area (Å²) in [5, 5.41) is 0. The molecule has 0 saturated carbocycles. The van der Waals surface area contributed by atoms with E-state index < -0.39 is 0 Å². The lowest BCUT2D eigenvalue weighted by Crippen LogP contribution is -1.92. The maximum Gasteiger partial charge on any atom is 0.231 e. The summed E-state index contributed by atoms with van der Waals surface area (Å²) < 4.78 is 10.9. The van der Waals surface area contributed by atoms with E-state index in [4.69, 9.17) is 14.5 Å². The van der Waals surface area contributed by atoms with Crippen molar-refractivity contribution < 1.29 is 9.47 Å². The SMILES string of the molecule is Cc1cccc(-c2[nH]c(C(C)C)nc2-c2ccc3c(c2)OCO3)n1. The van der Waals surface area contributed by atoms with Gasteiger partial charge in [0.1, 0.15) is 5.82 Å². The van der Waals surface area contributed by atoms with Crippen molar-refractivity contribution in [3.05, 3.63) is 47.9 Å². The summed E-state index contributed by atoms with van der Waals surface area (Å²) in [5.74, 6) is 2.77. The van der Waals surface area contributed by atoms with Crippen molar-refractivity contribution in [2.75, 3.05) is 6.79 Å². The van der Waals surface area contributed by atoms with E-state index in [2.05, 4.69) is 23.8 Å². The summed E-state index contributed by atoms with van der Waals surface area (Å²) in [6, 6.07) is 11.9. The highest BCUT2D eigenvalue weighted by atomic mass is 16.7. The number of nitrogens with zero attached hydrogens (tertiary/aromatic N) is 2. The van der Waals surface area contributed by atoms with Crippen molar-refractivity contribution in [1.82, 2.24) is 15.0 Å². The first-order chi connectivity index (χ1) is 11.6. The average Bonchev–Trinajstić information content (AvgIpc) is 3.21. The van der Waals surface area contributed by atoms with Crippen LogP contribution in [-0.2, 0) is 0 Å². The molecule has 0 bridgehead atoms. The first-order valence-corrected chi connectivity index (χ1v) is 8.06. The molecule has 5 nitrogen and oxygen atoms in total. The van der Waals surface area contributed by atoms with Crippen LogP contribution in [0.15, 0.2) is 36.4 Å². The van der Waals surface area contributed by atoms with Gasteiger partial charge in [-0.1, -0.05) is 19.9 Å². The molecule has 0 unspecified atom stereocenters. The minimum absolute atomic E-state index is 0.267. The maximum atomic E-state index is 5.50. The Morgan fingerprint density at radius 3 is 2.67 bits per heavy atom. The Morgan fingerprint density at radius 2 is 1.88 bits per heavy atom. The van der Waals surface area contributed by atoms with Crippen LogP contribution < -0.4 is 9.47 Å². The van der Waals surface area contributed by atoms with Gasteiger partial charge in [0.05, 0.1) is 17.1 Å². The predicted molar refractivity (Wildman–Crippen MR) is 92.2 cm³/mol. The van der Waals surface area contributed by atoms with Crippen molar-refractivity contribution in [2.45, 2.75) is 26.7 Å². The van der Waals surface area contributed by atoms with Crippen LogP contribution in [0.2, 0.25) is 0 Å².